The number of thiocarbonyl (C=S) groups is 1. The normalized spacial score (nSPS) is 15.2. The third-order valence-corrected chi connectivity index (χ3v) is 5.17. The van der Waals surface area contributed by atoms with Crippen molar-refractivity contribution in [3.63, 3.8) is 0 Å². The third kappa shape index (κ3) is 4.78. The molecule has 1 heterocycles. The number of hydrogen-bond acceptors (Lipinski definition) is 5. The molecule has 2 aromatic carbocycles. The molecular formula is C19H16ClNO3S2. The number of thioether (sulfide) groups is 1. The summed E-state index contributed by atoms with van der Waals surface area (Å²) in [5.74, 6) is 1.25. The summed E-state index contributed by atoms with van der Waals surface area (Å²) in [5.41, 5.74) is 1.78. The molecule has 0 saturated carbocycles. The number of rotatable bonds is 6. The maximum atomic E-state index is 11.8. The van der Waals surface area contributed by atoms with Gasteiger partial charge in [-0.25, -0.2) is 0 Å². The molecule has 1 N–H and O–H groups in total. The van der Waals surface area contributed by atoms with E-state index in [4.69, 9.17) is 33.3 Å². The molecule has 1 saturated heterocycles. The van der Waals surface area contributed by atoms with Gasteiger partial charge in [0, 0.05) is 10.6 Å². The largest absolute Gasteiger partial charge is 0.490 e. The van der Waals surface area contributed by atoms with Gasteiger partial charge in [0.15, 0.2) is 0 Å². The maximum absolute atomic E-state index is 11.8. The van der Waals surface area contributed by atoms with Crippen LogP contribution in [0.5, 0.6) is 11.5 Å². The molecule has 0 aromatic heterocycles. The molecule has 1 aliphatic rings. The molecule has 0 spiro atoms. The maximum Gasteiger partial charge on any atom is 0.263 e. The molecule has 134 valence electrons. The number of carbonyl (C=O) groups is 1. The second kappa shape index (κ2) is 8.58. The summed E-state index contributed by atoms with van der Waals surface area (Å²) in [5, 5.41) is 3.31. The zero-order valence-electron chi connectivity index (χ0n) is 14.0. The van der Waals surface area contributed by atoms with Crippen LogP contribution in [0.25, 0.3) is 6.08 Å². The van der Waals surface area contributed by atoms with E-state index >= 15 is 0 Å². The minimum atomic E-state index is -0.184. The van der Waals surface area contributed by atoms with E-state index in [-0.39, 0.29) is 5.91 Å². The van der Waals surface area contributed by atoms with E-state index in [9.17, 15) is 4.79 Å². The average Bonchev–Trinajstić information content (AvgIpc) is 2.93. The van der Waals surface area contributed by atoms with Gasteiger partial charge in [0.2, 0.25) is 0 Å². The Bertz CT molecular complexity index is 883. The summed E-state index contributed by atoms with van der Waals surface area (Å²) in [7, 11) is 0. The van der Waals surface area contributed by atoms with E-state index in [1.165, 1.54) is 11.8 Å². The quantitative estimate of drug-likeness (QED) is 0.432. The van der Waals surface area contributed by atoms with Gasteiger partial charge < -0.3 is 14.8 Å². The molecule has 7 heteroatoms. The van der Waals surface area contributed by atoms with E-state index in [0.717, 1.165) is 16.9 Å². The Kier molecular flexibility index (Phi) is 6.19. The molecule has 0 atom stereocenters. The van der Waals surface area contributed by atoms with Crippen molar-refractivity contribution in [1.82, 2.24) is 5.32 Å². The van der Waals surface area contributed by atoms with Crippen LogP contribution in [-0.2, 0) is 4.79 Å². The van der Waals surface area contributed by atoms with Crippen molar-refractivity contribution in [3.05, 3.63) is 63.5 Å². The molecule has 0 bridgehead atoms. The number of amides is 1. The van der Waals surface area contributed by atoms with E-state index in [0.29, 0.717) is 33.2 Å². The standard InChI is InChI=1S/C19H16ClNO3S2/c1-12-10-14(6-7-15(12)20)23-8-9-24-16-5-3-2-4-13(16)11-17-18(22)21-19(25)26-17/h2-7,10-11H,8-9H2,1H3,(H,21,22,25). The van der Waals surface area contributed by atoms with Crippen LogP contribution in [-0.4, -0.2) is 23.4 Å². The number of para-hydroxylation sites is 1. The number of benzene rings is 2. The van der Waals surface area contributed by atoms with Gasteiger partial charge in [-0.05, 0) is 42.8 Å². The zero-order valence-corrected chi connectivity index (χ0v) is 16.3. The Hall–Kier alpha value is -2.02. The number of nitrogens with one attached hydrogen (secondary N) is 1. The van der Waals surface area contributed by atoms with Crippen LogP contribution in [0.15, 0.2) is 47.4 Å². The minimum absolute atomic E-state index is 0.184. The first-order valence-electron chi connectivity index (χ1n) is 7.88. The fourth-order valence-corrected chi connectivity index (χ4v) is 3.46. The highest BCUT2D eigenvalue weighted by Crippen LogP contribution is 2.29. The smallest absolute Gasteiger partial charge is 0.263 e. The van der Waals surface area contributed by atoms with Crippen molar-refractivity contribution in [1.29, 1.82) is 0 Å². The lowest BCUT2D eigenvalue weighted by Crippen LogP contribution is -2.17. The molecule has 3 rings (SSSR count). The van der Waals surface area contributed by atoms with Crippen LogP contribution in [0.3, 0.4) is 0 Å². The summed E-state index contributed by atoms with van der Waals surface area (Å²) in [6.45, 7) is 2.70. The molecule has 4 nitrogen and oxygen atoms in total. The van der Waals surface area contributed by atoms with Crippen molar-refractivity contribution in [3.8, 4) is 11.5 Å². The molecule has 0 radical (unpaired) electrons. The lowest BCUT2D eigenvalue weighted by atomic mass is 10.2. The lowest BCUT2D eigenvalue weighted by molar-refractivity contribution is -0.115. The van der Waals surface area contributed by atoms with E-state index in [1.807, 2.05) is 49.4 Å². The summed E-state index contributed by atoms with van der Waals surface area (Å²) in [6, 6.07) is 13.0. The monoisotopic (exact) mass is 405 g/mol. The summed E-state index contributed by atoms with van der Waals surface area (Å²) < 4.78 is 12.0. The van der Waals surface area contributed by atoms with Gasteiger partial charge in [-0.15, -0.1) is 0 Å². The highest BCUT2D eigenvalue weighted by atomic mass is 35.5. The van der Waals surface area contributed by atoms with Gasteiger partial charge in [0.1, 0.15) is 29.0 Å². The Morgan fingerprint density at radius 2 is 1.96 bits per heavy atom. The van der Waals surface area contributed by atoms with Crippen LogP contribution in [0, 0.1) is 6.92 Å². The molecule has 0 unspecified atom stereocenters. The van der Waals surface area contributed by atoms with Gasteiger partial charge in [-0.1, -0.05) is 53.8 Å². The number of hydrogen-bond donors (Lipinski definition) is 1. The van der Waals surface area contributed by atoms with Crippen LogP contribution >= 0.6 is 35.6 Å². The number of halogens is 1. The van der Waals surface area contributed by atoms with Crippen molar-refractivity contribution >= 4 is 51.9 Å². The van der Waals surface area contributed by atoms with Gasteiger partial charge in [0.25, 0.3) is 5.91 Å². The summed E-state index contributed by atoms with van der Waals surface area (Å²) >= 11 is 12.3. The van der Waals surface area contributed by atoms with Crippen LogP contribution in [0.4, 0.5) is 0 Å². The molecule has 1 aliphatic heterocycles. The number of ether oxygens (including phenoxy) is 2. The first kappa shape index (κ1) is 18.8. The van der Waals surface area contributed by atoms with E-state index in [1.54, 1.807) is 6.08 Å². The highest BCUT2D eigenvalue weighted by molar-refractivity contribution is 8.26. The van der Waals surface area contributed by atoms with E-state index in [2.05, 4.69) is 5.32 Å². The number of aryl methyl sites for hydroxylation is 1. The molecule has 0 aliphatic carbocycles. The topological polar surface area (TPSA) is 47.6 Å². The Labute approximate surface area is 166 Å². The predicted octanol–water partition coefficient (Wildman–Crippen LogP) is 4.60. The van der Waals surface area contributed by atoms with Gasteiger partial charge >= 0.3 is 0 Å². The number of carbonyl (C=O) groups excluding carboxylic acids is 1. The van der Waals surface area contributed by atoms with Crippen LogP contribution in [0.2, 0.25) is 5.02 Å². The van der Waals surface area contributed by atoms with Crippen molar-refractivity contribution in [2.45, 2.75) is 6.92 Å². The third-order valence-electron chi connectivity index (χ3n) is 3.59. The molecule has 26 heavy (non-hydrogen) atoms. The SMILES string of the molecule is Cc1cc(OCCOc2ccccc2C=C2SC(=S)NC2=O)ccc1Cl. The molecule has 1 amide bonds. The first-order valence-corrected chi connectivity index (χ1v) is 9.49. The van der Waals surface area contributed by atoms with Gasteiger partial charge in [-0.3, -0.25) is 4.79 Å². The predicted molar refractivity (Wildman–Crippen MR) is 110 cm³/mol. The fourth-order valence-electron chi connectivity index (χ4n) is 2.31. The second-order valence-corrected chi connectivity index (χ2v) is 7.62. The first-order chi connectivity index (χ1) is 12.5. The highest BCUT2D eigenvalue weighted by Gasteiger charge is 2.22. The van der Waals surface area contributed by atoms with E-state index < -0.39 is 0 Å². The molecule has 2 aromatic rings. The molecule has 1 fully saturated rings. The summed E-state index contributed by atoms with van der Waals surface area (Å²) in [6.07, 6.45) is 1.78. The Balaban J connectivity index is 1.60. The van der Waals surface area contributed by atoms with Crippen molar-refractivity contribution in [2.24, 2.45) is 0 Å². The van der Waals surface area contributed by atoms with Gasteiger partial charge in [0.05, 0.1) is 4.91 Å². The van der Waals surface area contributed by atoms with Crippen LogP contribution < -0.4 is 14.8 Å². The van der Waals surface area contributed by atoms with Crippen molar-refractivity contribution in [2.75, 3.05) is 13.2 Å². The van der Waals surface area contributed by atoms with Crippen LogP contribution in [0.1, 0.15) is 11.1 Å². The fraction of sp³-hybridized carbons (Fsp3) is 0.158. The average molecular weight is 406 g/mol. The molecular weight excluding hydrogens is 390 g/mol. The summed E-state index contributed by atoms with van der Waals surface area (Å²) in [4.78, 5) is 12.4. The van der Waals surface area contributed by atoms with Gasteiger partial charge in [-0.2, -0.15) is 0 Å². The lowest BCUT2D eigenvalue weighted by Gasteiger charge is -2.11. The second-order valence-electron chi connectivity index (χ2n) is 5.50. The van der Waals surface area contributed by atoms with Crippen molar-refractivity contribution < 1.29 is 14.3 Å². The Morgan fingerprint density at radius 1 is 1.19 bits per heavy atom. The Morgan fingerprint density at radius 3 is 2.69 bits per heavy atom. The minimum Gasteiger partial charge on any atom is -0.490 e. The zero-order chi connectivity index (χ0) is 18.5.